The largest absolute Gasteiger partial charge is 0.444 e. The molecular weight excluding hydrogens is 351 g/mol. The van der Waals surface area contributed by atoms with Gasteiger partial charge in [0.25, 0.3) is 0 Å². The van der Waals surface area contributed by atoms with Gasteiger partial charge in [-0.3, -0.25) is 9.69 Å². The third-order valence-corrected chi connectivity index (χ3v) is 7.08. The van der Waals surface area contributed by atoms with E-state index in [2.05, 4.69) is 5.32 Å². The number of fused-ring (bicyclic) bond motifs is 1. The lowest BCUT2D eigenvalue weighted by Crippen LogP contribution is -2.49. The molecule has 0 aromatic rings. The van der Waals surface area contributed by atoms with Gasteiger partial charge in [0.05, 0.1) is 0 Å². The normalized spacial score (nSPS) is 35.2. The molecule has 3 rings (SSSR count). The van der Waals surface area contributed by atoms with Crippen molar-refractivity contribution in [3.05, 3.63) is 0 Å². The molecule has 0 bridgehead atoms. The number of alkyl halides is 2. The summed E-state index contributed by atoms with van der Waals surface area (Å²) in [5.41, 5.74) is -0.786. The molecule has 0 spiro atoms. The molecule has 5 nitrogen and oxygen atoms in total. The summed E-state index contributed by atoms with van der Waals surface area (Å²) < 4.78 is 4.67. The van der Waals surface area contributed by atoms with E-state index in [9.17, 15) is 9.59 Å². The van der Waals surface area contributed by atoms with Crippen LogP contribution in [0.15, 0.2) is 0 Å². The monoisotopic (exact) mass is 376 g/mol. The van der Waals surface area contributed by atoms with Gasteiger partial charge in [-0.15, -0.1) is 23.2 Å². The van der Waals surface area contributed by atoms with Crippen molar-refractivity contribution in [2.75, 3.05) is 6.54 Å². The molecule has 2 saturated carbocycles. The van der Waals surface area contributed by atoms with E-state index in [4.69, 9.17) is 27.9 Å². The number of nitrogens with one attached hydrogen (secondary N) is 1. The standard InChI is InChI=1S/C17H26Cl2N2O3/c1-15(2,3)24-14(23)21-10-6-9(10)7-11(21)13(22)20-8-12-16(4,5)17(12,18)19/h9-12H,6-8H2,1-5H3,(H,20,22)/t9?,10?,11?,12-/m1/s1. The number of piperidine rings is 1. The van der Waals surface area contributed by atoms with E-state index in [1.54, 1.807) is 4.90 Å². The minimum Gasteiger partial charge on any atom is -0.444 e. The maximum Gasteiger partial charge on any atom is 0.411 e. The highest BCUT2D eigenvalue weighted by Crippen LogP contribution is 2.68. The van der Waals surface area contributed by atoms with Gasteiger partial charge < -0.3 is 10.1 Å². The van der Waals surface area contributed by atoms with Crippen molar-refractivity contribution in [3.63, 3.8) is 0 Å². The number of likely N-dealkylation sites (tertiary alicyclic amines) is 1. The van der Waals surface area contributed by atoms with Crippen LogP contribution in [0.25, 0.3) is 0 Å². The van der Waals surface area contributed by atoms with Crippen molar-refractivity contribution in [2.24, 2.45) is 17.3 Å². The second-order valence-corrected chi connectivity index (χ2v) is 10.2. The van der Waals surface area contributed by atoms with E-state index in [1.165, 1.54) is 0 Å². The van der Waals surface area contributed by atoms with Crippen molar-refractivity contribution < 1.29 is 14.3 Å². The number of hydrogen-bond donors (Lipinski definition) is 1. The van der Waals surface area contributed by atoms with Gasteiger partial charge in [0, 0.05) is 23.9 Å². The summed E-state index contributed by atoms with van der Waals surface area (Å²) in [5, 5.41) is 2.93. The first-order valence-corrected chi connectivity index (χ1v) is 9.28. The topological polar surface area (TPSA) is 58.6 Å². The zero-order valence-corrected chi connectivity index (χ0v) is 16.4. The highest BCUT2D eigenvalue weighted by molar-refractivity contribution is 6.51. The fraction of sp³-hybridized carbons (Fsp3) is 0.882. The Morgan fingerprint density at radius 3 is 2.33 bits per heavy atom. The Hall–Kier alpha value is -0.680. The molecule has 136 valence electrons. The van der Waals surface area contributed by atoms with Crippen molar-refractivity contribution in [2.45, 2.75) is 69.5 Å². The highest BCUT2D eigenvalue weighted by atomic mass is 35.5. The number of ether oxygens (including phenoxy) is 1. The van der Waals surface area contributed by atoms with Crippen molar-refractivity contribution in [1.29, 1.82) is 0 Å². The average Bonchev–Trinajstić information content (AvgIpc) is 3.17. The van der Waals surface area contributed by atoms with Gasteiger partial charge in [0.2, 0.25) is 5.91 Å². The van der Waals surface area contributed by atoms with E-state index in [-0.39, 0.29) is 23.3 Å². The molecule has 2 aliphatic carbocycles. The van der Waals surface area contributed by atoms with E-state index >= 15 is 0 Å². The molecule has 0 aromatic heterocycles. The van der Waals surface area contributed by atoms with Crippen molar-refractivity contribution >= 4 is 35.2 Å². The molecule has 7 heteroatoms. The van der Waals surface area contributed by atoms with Crippen LogP contribution < -0.4 is 5.32 Å². The predicted molar refractivity (Wildman–Crippen MR) is 93.1 cm³/mol. The third-order valence-electron chi connectivity index (χ3n) is 5.58. The van der Waals surface area contributed by atoms with Crippen LogP contribution in [0.2, 0.25) is 0 Å². The Kier molecular flexibility index (Phi) is 4.08. The summed E-state index contributed by atoms with van der Waals surface area (Å²) in [6.07, 6.45) is 1.27. The fourth-order valence-corrected chi connectivity index (χ4v) is 4.58. The van der Waals surface area contributed by atoms with Crippen LogP contribution in [0.5, 0.6) is 0 Å². The molecule has 1 heterocycles. The maximum atomic E-state index is 12.6. The first-order chi connectivity index (χ1) is 10.9. The Bertz CT molecular complexity index is 557. The van der Waals surface area contributed by atoms with Crippen LogP contribution in [-0.2, 0) is 9.53 Å². The Labute approximate surface area is 153 Å². The lowest BCUT2D eigenvalue weighted by atomic mass is 10.1. The molecule has 1 saturated heterocycles. The maximum absolute atomic E-state index is 12.6. The summed E-state index contributed by atoms with van der Waals surface area (Å²) in [6.45, 7) is 9.89. The summed E-state index contributed by atoms with van der Waals surface area (Å²) in [4.78, 5) is 26.7. The molecule has 3 unspecified atom stereocenters. The van der Waals surface area contributed by atoms with Crippen molar-refractivity contribution in [3.8, 4) is 0 Å². The van der Waals surface area contributed by atoms with Crippen LogP contribution in [0.3, 0.4) is 0 Å². The van der Waals surface area contributed by atoms with Gasteiger partial charge in [-0.25, -0.2) is 4.79 Å². The molecule has 0 radical (unpaired) electrons. The average molecular weight is 377 g/mol. The van der Waals surface area contributed by atoms with E-state index < -0.39 is 22.1 Å². The van der Waals surface area contributed by atoms with Crippen LogP contribution in [0.4, 0.5) is 4.79 Å². The summed E-state index contributed by atoms with van der Waals surface area (Å²) >= 11 is 12.5. The number of nitrogens with zero attached hydrogens (tertiary/aromatic N) is 1. The molecule has 3 fully saturated rings. The summed E-state index contributed by atoms with van der Waals surface area (Å²) in [6, 6.07) is -0.307. The predicted octanol–water partition coefficient (Wildman–Crippen LogP) is 3.33. The van der Waals surface area contributed by atoms with Gasteiger partial charge in [-0.05, 0) is 39.5 Å². The molecular formula is C17H26Cl2N2O3. The third kappa shape index (κ3) is 2.98. The molecule has 3 aliphatic rings. The first kappa shape index (κ1) is 18.1. The summed E-state index contributed by atoms with van der Waals surface area (Å²) in [7, 11) is 0. The quantitative estimate of drug-likeness (QED) is 0.768. The van der Waals surface area contributed by atoms with Crippen molar-refractivity contribution in [1.82, 2.24) is 10.2 Å². The molecule has 1 aliphatic heterocycles. The summed E-state index contributed by atoms with van der Waals surface area (Å²) in [5.74, 6) is 0.300. The Balaban J connectivity index is 1.59. The molecule has 4 atom stereocenters. The van der Waals surface area contributed by atoms with E-state index in [1.807, 2.05) is 34.6 Å². The molecule has 24 heavy (non-hydrogen) atoms. The number of carbonyl (C=O) groups is 2. The second kappa shape index (κ2) is 5.41. The van der Waals surface area contributed by atoms with Gasteiger partial charge in [-0.2, -0.15) is 0 Å². The van der Waals surface area contributed by atoms with Crippen LogP contribution in [0, 0.1) is 17.3 Å². The van der Waals surface area contributed by atoms with E-state index in [0.29, 0.717) is 18.9 Å². The van der Waals surface area contributed by atoms with Crippen LogP contribution in [0.1, 0.15) is 47.5 Å². The minimum atomic E-state index is -0.803. The second-order valence-electron chi connectivity index (χ2n) is 8.84. The first-order valence-electron chi connectivity index (χ1n) is 8.53. The SMILES string of the molecule is CC(C)(C)OC(=O)N1C(C(=O)NC[C@@H]2C(C)(C)C2(Cl)Cl)CC2CC21. The van der Waals surface area contributed by atoms with Gasteiger partial charge in [0.15, 0.2) is 0 Å². The smallest absolute Gasteiger partial charge is 0.411 e. The van der Waals surface area contributed by atoms with Gasteiger partial charge >= 0.3 is 6.09 Å². The fourth-order valence-electron chi connectivity index (χ4n) is 3.73. The highest BCUT2D eigenvalue weighted by Gasteiger charge is 2.69. The number of amides is 2. The number of hydrogen-bond acceptors (Lipinski definition) is 3. The molecule has 1 N–H and O–H groups in total. The number of rotatable bonds is 3. The van der Waals surface area contributed by atoms with E-state index in [0.717, 1.165) is 6.42 Å². The lowest BCUT2D eigenvalue weighted by Gasteiger charge is -2.30. The zero-order chi connectivity index (χ0) is 18.1. The Morgan fingerprint density at radius 2 is 1.83 bits per heavy atom. The minimum absolute atomic E-state index is 0.0168. The Morgan fingerprint density at radius 1 is 1.25 bits per heavy atom. The van der Waals surface area contributed by atoms with Crippen LogP contribution in [-0.4, -0.2) is 45.5 Å². The zero-order valence-electron chi connectivity index (χ0n) is 14.9. The van der Waals surface area contributed by atoms with Crippen LogP contribution >= 0.6 is 23.2 Å². The molecule has 2 amide bonds. The van der Waals surface area contributed by atoms with Gasteiger partial charge in [0.1, 0.15) is 16.0 Å². The lowest BCUT2D eigenvalue weighted by molar-refractivity contribution is -0.126. The number of carbonyl (C=O) groups excluding carboxylic acids is 2. The van der Waals surface area contributed by atoms with Gasteiger partial charge in [-0.1, -0.05) is 13.8 Å². The number of halogens is 2. The molecule has 0 aromatic carbocycles.